The third kappa shape index (κ3) is 6.54. The number of nitrogens with zero attached hydrogens (tertiary/aromatic N) is 1. The summed E-state index contributed by atoms with van der Waals surface area (Å²) in [6.07, 6.45) is 1.63. The van der Waals surface area contributed by atoms with E-state index >= 15 is 0 Å². The van der Waals surface area contributed by atoms with Crippen molar-refractivity contribution < 1.29 is 24.2 Å². The van der Waals surface area contributed by atoms with Gasteiger partial charge in [0.25, 0.3) is 0 Å². The summed E-state index contributed by atoms with van der Waals surface area (Å²) in [4.78, 5) is 35.9. The van der Waals surface area contributed by atoms with Gasteiger partial charge in [-0.1, -0.05) is 0 Å². The van der Waals surface area contributed by atoms with E-state index in [0.717, 1.165) is 25.9 Å². The average molecular weight is 301 g/mol. The maximum absolute atomic E-state index is 11.9. The van der Waals surface area contributed by atoms with Crippen molar-refractivity contribution >= 4 is 17.8 Å². The molecular formula is C13H23N3O5. The molecule has 120 valence electrons. The number of esters is 1. The van der Waals surface area contributed by atoms with Crippen LogP contribution in [0.3, 0.4) is 0 Å². The van der Waals surface area contributed by atoms with Crippen molar-refractivity contribution in [2.24, 2.45) is 5.73 Å². The summed E-state index contributed by atoms with van der Waals surface area (Å²) in [5.74, 6) is -2.02. The van der Waals surface area contributed by atoms with Gasteiger partial charge in [-0.25, -0.2) is 4.79 Å². The summed E-state index contributed by atoms with van der Waals surface area (Å²) in [5.41, 5.74) is 5.78. The summed E-state index contributed by atoms with van der Waals surface area (Å²) in [6, 6.07) is -0.903. The molecule has 4 N–H and O–H groups in total. The number of aliphatic carboxylic acids is 1. The predicted octanol–water partition coefficient (Wildman–Crippen LogP) is -1.07. The molecule has 1 aliphatic rings. The molecule has 0 aliphatic carbocycles. The zero-order chi connectivity index (χ0) is 15.8. The summed E-state index contributed by atoms with van der Waals surface area (Å²) < 4.78 is 4.45. The van der Waals surface area contributed by atoms with E-state index in [1.54, 1.807) is 0 Å². The van der Waals surface area contributed by atoms with Gasteiger partial charge in [0.2, 0.25) is 5.91 Å². The molecule has 0 aromatic heterocycles. The lowest BCUT2D eigenvalue weighted by Gasteiger charge is -2.29. The third-order valence-electron chi connectivity index (χ3n) is 3.50. The quantitative estimate of drug-likeness (QED) is 0.512. The molecule has 1 saturated heterocycles. The maximum Gasteiger partial charge on any atom is 0.326 e. The molecule has 8 heteroatoms. The zero-order valence-corrected chi connectivity index (χ0v) is 12.2. The number of carboxylic acid groups (broad SMARTS) is 1. The first-order valence-electron chi connectivity index (χ1n) is 6.99. The van der Waals surface area contributed by atoms with Gasteiger partial charge >= 0.3 is 11.9 Å². The normalized spacial score (nSPS) is 18.0. The highest BCUT2D eigenvalue weighted by molar-refractivity contribution is 5.85. The van der Waals surface area contributed by atoms with Crippen LogP contribution >= 0.6 is 0 Å². The molecule has 1 heterocycles. The first-order valence-corrected chi connectivity index (χ1v) is 6.99. The van der Waals surface area contributed by atoms with Crippen LogP contribution in [0.4, 0.5) is 0 Å². The van der Waals surface area contributed by atoms with Gasteiger partial charge in [0, 0.05) is 25.6 Å². The minimum atomic E-state index is -1.16. The molecule has 21 heavy (non-hydrogen) atoms. The summed E-state index contributed by atoms with van der Waals surface area (Å²) in [7, 11) is 1.23. The number of methoxy groups -OCH3 is 1. The molecule has 0 aromatic rings. The number of rotatable bonds is 7. The highest BCUT2D eigenvalue weighted by atomic mass is 16.5. The Morgan fingerprint density at radius 3 is 2.52 bits per heavy atom. The largest absolute Gasteiger partial charge is 0.480 e. The minimum absolute atomic E-state index is 0.0125. The van der Waals surface area contributed by atoms with Crippen molar-refractivity contribution in [1.82, 2.24) is 10.2 Å². The number of nitrogens with one attached hydrogen (secondary N) is 1. The van der Waals surface area contributed by atoms with Gasteiger partial charge in [-0.3, -0.25) is 14.5 Å². The molecule has 0 spiro atoms. The van der Waals surface area contributed by atoms with Crippen LogP contribution in [-0.2, 0) is 19.1 Å². The zero-order valence-electron chi connectivity index (χ0n) is 12.2. The maximum atomic E-state index is 11.9. The molecule has 8 nitrogen and oxygen atoms in total. The molecule has 1 rings (SSSR count). The van der Waals surface area contributed by atoms with Crippen LogP contribution in [0.25, 0.3) is 0 Å². The van der Waals surface area contributed by atoms with Gasteiger partial charge in [0.15, 0.2) is 0 Å². The Kier molecular flexibility index (Phi) is 7.10. The lowest BCUT2D eigenvalue weighted by Crippen LogP contribution is -2.48. The van der Waals surface area contributed by atoms with Crippen molar-refractivity contribution in [3.63, 3.8) is 0 Å². The SMILES string of the molecule is COC(=O)CC[C@H](NC(=O)CN1CCC(N)CC1)C(=O)O. The van der Waals surface area contributed by atoms with E-state index in [-0.39, 0.29) is 31.3 Å². The van der Waals surface area contributed by atoms with Crippen molar-refractivity contribution in [1.29, 1.82) is 0 Å². The number of hydrogen-bond donors (Lipinski definition) is 3. The fraction of sp³-hybridized carbons (Fsp3) is 0.769. The number of piperidine rings is 1. The van der Waals surface area contributed by atoms with E-state index in [4.69, 9.17) is 10.8 Å². The Labute approximate surface area is 123 Å². The third-order valence-corrected chi connectivity index (χ3v) is 3.50. The molecule has 0 bridgehead atoms. The van der Waals surface area contributed by atoms with E-state index in [1.165, 1.54) is 7.11 Å². The van der Waals surface area contributed by atoms with E-state index in [9.17, 15) is 14.4 Å². The Bertz CT molecular complexity index is 380. The molecule has 1 amide bonds. The van der Waals surface area contributed by atoms with Crippen LogP contribution in [0.15, 0.2) is 0 Å². The number of carbonyl (C=O) groups excluding carboxylic acids is 2. The number of nitrogens with two attached hydrogens (primary N) is 1. The number of amides is 1. The fourth-order valence-electron chi connectivity index (χ4n) is 2.18. The lowest BCUT2D eigenvalue weighted by atomic mass is 10.1. The number of likely N-dealkylation sites (tertiary alicyclic amines) is 1. The van der Waals surface area contributed by atoms with Crippen molar-refractivity contribution in [3.8, 4) is 0 Å². The van der Waals surface area contributed by atoms with Crippen LogP contribution in [0, 0.1) is 0 Å². The van der Waals surface area contributed by atoms with Crippen LogP contribution in [0.1, 0.15) is 25.7 Å². The number of carboxylic acids is 1. The van der Waals surface area contributed by atoms with Crippen molar-refractivity contribution in [3.05, 3.63) is 0 Å². The number of carbonyl (C=O) groups is 3. The summed E-state index contributed by atoms with van der Waals surface area (Å²) in [5, 5.41) is 11.5. The van der Waals surface area contributed by atoms with Gasteiger partial charge in [0.05, 0.1) is 13.7 Å². The van der Waals surface area contributed by atoms with E-state index in [1.807, 2.05) is 4.90 Å². The monoisotopic (exact) mass is 301 g/mol. The topological polar surface area (TPSA) is 122 Å². The Morgan fingerprint density at radius 2 is 2.00 bits per heavy atom. The van der Waals surface area contributed by atoms with Crippen LogP contribution in [-0.4, -0.2) is 66.7 Å². The lowest BCUT2D eigenvalue weighted by molar-refractivity contribution is -0.144. The molecule has 0 saturated carbocycles. The molecule has 0 aromatic carbocycles. The molecule has 0 unspecified atom stereocenters. The van der Waals surface area contributed by atoms with Gasteiger partial charge in [-0.2, -0.15) is 0 Å². The molecule has 0 radical (unpaired) electrons. The van der Waals surface area contributed by atoms with Gasteiger partial charge in [-0.05, 0) is 19.3 Å². The minimum Gasteiger partial charge on any atom is -0.480 e. The fourth-order valence-corrected chi connectivity index (χ4v) is 2.18. The Balaban J connectivity index is 2.38. The van der Waals surface area contributed by atoms with E-state index in [2.05, 4.69) is 10.1 Å². The Hall–Kier alpha value is -1.67. The first-order chi connectivity index (χ1) is 9.92. The number of hydrogen-bond acceptors (Lipinski definition) is 6. The van der Waals surface area contributed by atoms with Crippen molar-refractivity contribution in [2.75, 3.05) is 26.7 Å². The Morgan fingerprint density at radius 1 is 1.38 bits per heavy atom. The standard InChI is InChI=1S/C13H23N3O5/c1-21-12(18)3-2-10(13(19)20)15-11(17)8-16-6-4-9(14)5-7-16/h9-10H,2-8,14H2,1H3,(H,15,17)(H,19,20)/t10-/m0/s1. The van der Waals surface area contributed by atoms with Crippen LogP contribution < -0.4 is 11.1 Å². The van der Waals surface area contributed by atoms with Gasteiger partial charge in [-0.15, -0.1) is 0 Å². The predicted molar refractivity (Wildman–Crippen MR) is 74.5 cm³/mol. The molecule has 1 fully saturated rings. The second kappa shape index (κ2) is 8.58. The highest BCUT2D eigenvalue weighted by Crippen LogP contribution is 2.07. The summed E-state index contributed by atoms with van der Waals surface area (Å²) in [6.45, 7) is 1.61. The van der Waals surface area contributed by atoms with Crippen molar-refractivity contribution in [2.45, 2.75) is 37.8 Å². The second-order valence-electron chi connectivity index (χ2n) is 5.19. The second-order valence-corrected chi connectivity index (χ2v) is 5.19. The molecule has 1 aliphatic heterocycles. The number of ether oxygens (including phenoxy) is 1. The first kappa shape index (κ1) is 17.4. The highest BCUT2D eigenvalue weighted by Gasteiger charge is 2.23. The van der Waals surface area contributed by atoms with E-state index in [0.29, 0.717) is 0 Å². The van der Waals surface area contributed by atoms with Crippen LogP contribution in [0.5, 0.6) is 0 Å². The summed E-state index contributed by atoms with van der Waals surface area (Å²) >= 11 is 0. The van der Waals surface area contributed by atoms with Crippen LogP contribution in [0.2, 0.25) is 0 Å². The molecule has 1 atom stereocenters. The van der Waals surface area contributed by atoms with E-state index < -0.39 is 18.0 Å². The molecular weight excluding hydrogens is 278 g/mol. The van der Waals surface area contributed by atoms with Gasteiger partial charge < -0.3 is 20.9 Å². The smallest absolute Gasteiger partial charge is 0.326 e. The van der Waals surface area contributed by atoms with Gasteiger partial charge in [0.1, 0.15) is 6.04 Å². The average Bonchev–Trinajstić information content (AvgIpc) is 2.45.